The second kappa shape index (κ2) is 8.25. The van der Waals surface area contributed by atoms with Crippen LogP contribution in [0.1, 0.15) is 56.5 Å². The molecule has 2 aromatic carbocycles. The molecule has 2 N–H and O–H groups in total. The first-order valence-corrected chi connectivity index (χ1v) is 13.0. The number of benzene rings is 2. The molecule has 1 saturated heterocycles. The molecule has 1 aromatic heterocycles. The quantitative estimate of drug-likeness (QED) is 0.453. The molecule has 1 saturated carbocycles. The van der Waals surface area contributed by atoms with Crippen molar-refractivity contribution in [2.75, 3.05) is 24.5 Å². The number of carboxylic acid groups (broad SMARTS) is 1. The third-order valence-electron chi connectivity index (χ3n) is 8.54. The molecule has 5 nitrogen and oxygen atoms in total. The van der Waals surface area contributed by atoms with Crippen molar-refractivity contribution in [1.82, 2.24) is 9.88 Å². The van der Waals surface area contributed by atoms with Crippen molar-refractivity contribution in [3.63, 3.8) is 0 Å². The third-order valence-corrected chi connectivity index (χ3v) is 8.54. The van der Waals surface area contributed by atoms with E-state index in [0.717, 1.165) is 16.5 Å². The largest absolute Gasteiger partial charge is 0.481 e. The maximum Gasteiger partial charge on any atom is 0.306 e. The molecular formula is C29H32F3N3O2. The van der Waals surface area contributed by atoms with Gasteiger partial charge in [-0.1, -0.05) is 18.2 Å². The normalized spacial score (nSPS) is 23.7. The fraction of sp³-hybridized carbons (Fsp3) is 0.483. The van der Waals surface area contributed by atoms with Crippen LogP contribution in [0.4, 0.5) is 18.9 Å². The topological polar surface area (TPSA) is 59.6 Å². The van der Waals surface area contributed by atoms with Crippen LogP contribution in [0.15, 0.2) is 36.4 Å². The van der Waals surface area contributed by atoms with Crippen LogP contribution in [-0.2, 0) is 11.2 Å². The molecule has 6 rings (SSSR count). The lowest BCUT2D eigenvalue weighted by atomic mass is 9.57. The van der Waals surface area contributed by atoms with E-state index in [-0.39, 0.29) is 29.5 Å². The highest BCUT2D eigenvalue weighted by Crippen LogP contribution is 2.53. The smallest absolute Gasteiger partial charge is 0.306 e. The number of carboxylic acids is 1. The highest BCUT2D eigenvalue weighted by atomic mass is 19.1. The standard InChI is InChI=1S/C29H32F3N3O2/c1-16-8-20-19-6-4-5-7-23(19)33-25(20)26(35(16)13-28(2,3)32)24-21(30)9-18(10-22(24)31)34-14-29(15-34)11-17(12-29)27(36)37/h4-7,9-10,16-17,26,33H,8,11-15H2,1-3H3,(H,36,37)/t16-,26-/m1/s1. The maximum atomic E-state index is 15.9. The van der Waals surface area contributed by atoms with Gasteiger partial charge in [0.25, 0.3) is 0 Å². The summed E-state index contributed by atoms with van der Waals surface area (Å²) in [6, 6.07) is 9.66. The first-order valence-electron chi connectivity index (χ1n) is 13.0. The molecule has 8 heteroatoms. The van der Waals surface area contributed by atoms with Gasteiger partial charge in [0.05, 0.1) is 12.0 Å². The van der Waals surface area contributed by atoms with E-state index >= 15 is 8.78 Å². The molecule has 3 aromatic rings. The number of aliphatic carboxylic acids is 1. The maximum absolute atomic E-state index is 15.9. The van der Waals surface area contributed by atoms with Gasteiger partial charge in [0.1, 0.15) is 17.3 Å². The van der Waals surface area contributed by atoms with Gasteiger partial charge in [-0.05, 0) is 63.8 Å². The molecule has 0 bridgehead atoms. The van der Waals surface area contributed by atoms with Gasteiger partial charge in [0.15, 0.2) is 0 Å². The van der Waals surface area contributed by atoms with Crippen LogP contribution in [0, 0.1) is 23.0 Å². The summed E-state index contributed by atoms with van der Waals surface area (Å²) in [6.07, 6.45) is 1.87. The van der Waals surface area contributed by atoms with E-state index in [1.54, 1.807) is 0 Å². The lowest BCUT2D eigenvalue weighted by Gasteiger charge is -2.59. The molecular weight excluding hydrogens is 479 g/mol. The zero-order chi connectivity index (χ0) is 26.3. The van der Waals surface area contributed by atoms with Crippen molar-refractivity contribution in [3.8, 4) is 0 Å². The SMILES string of the molecule is C[C@@H]1Cc2c([nH]c3ccccc23)[C@@H](c2c(F)cc(N3CC4(CC(C(=O)O)C4)C3)cc2F)N1CC(C)(C)F. The fourth-order valence-electron chi connectivity index (χ4n) is 6.88. The zero-order valence-corrected chi connectivity index (χ0v) is 21.3. The Kier molecular flexibility index (Phi) is 5.43. The van der Waals surface area contributed by atoms with Crippen molar-refractivity contribution in [3.05, 3.63) is 64.9 Å². The van der Waals surface area contributed by atoms with Crippen molar-refractivity contribution < 1.29 is 23.1 Å². The van der Waals surface area contributed by atoms with E-state index in [4.69, 9.17) is 0 Å². The number of halogens is 3. The summed E-state index contributed by atoms with van der Waals surface area (Å²) >= 11 is 0. The average molecular weight is 512 g/mol. The molecule has 1 spiro atoms. The molecule has 3 heterocycles. The zero-order valence-electron chi connectivity index (χ0n) is 21.3. The highest BCUT2D eigenvalue weighted by molar-refractivity contribution is 5.85. The minimum Gasteiger partial charge on any atom is -0.481 e. The summed E-state index contributed by atoms with van der Waals surface area (Å²) in [5, 5.41) is 10.2. The summed E-state index contributed by atoms with van der Waals surface area (Å²) in [5.41, 5.74) is 1.41. The van der Waals surface area contributed by atoms with Crippen molar-refractivity contribution >= 4 is 22.6 Å². The lowest BCUT2D eigenvalue weighted by Crippen LogP contribution is -2.63. The van der Waals surface area contributed by atoms with Gasteiger partial charge in [0.2, 0.25) is 0 Å². The van der Waals surface area contributed by atoms with E-state index in [1.807, 2.05) is 41.0 Å². The van der Waals surface area contributed by atoms with Gasteiger partial charge in [-0.2, -0.15) is 0 Å². The number of hydrogen-bond acceptors (Lipinski definition) is 3. The second-order valence-corrected chi connectivity index (χ2v) is 12.0. The molecule has 3 aliphatic rings. The monoisotopic (exact) mass is 511 g/mol. The van der Waals surface area contributed by atoms with E-state index in [9.17, 15) is 14.3 Å². The van der Waals surface area contributed by atoms with Gasteiger partial charge >= 0.3 is 5.97 Å². The first-order chi connectivity index (χ1) is 17.4. The molecule has 196 valence electrons. The number of para-hydroxylation sites is 1. The predicted molar refractivity (Wildman–Crippen MR) is 137 cm³/mol. The molecule has 2 aliphatic heterocycles. The number of aromatic nitrogens is 1. The minimum absolute atomic E-state index is 0.0354. The number of nitrogens with one attached hydrogen (secondary N) is 1. The summed E-state index contributed by atoms with van der Waals surface area (Å²) in [6.45, 7) is 6.20. The van der Waals surface area contributed by atoms with Crippen molar-refractivity contribution in [2.24, 2.45) is 11.3 Å². The number of aromatic amines is 1. The number of alkyl halides is 1. The van der Waals surface area contributed by atoms with Crippen LogP contribution in [0.25, 0.3) is 10.9 Å². The van der Waals surface area contributed by atoms with Crippen LogP contribution in [0.3, 0.4) is 0 Å². The van der Waals surface area contributed by atoms with Crippen LogP contribution in [0.5, 0.6) is 0 Å². The van der Waals surface area contributed by atoms with Gasteiger partial charge in [-0.25, -0.2) is 13.2 Å². The lowest BCUT2D eigenvalue weighted by molar-refractivity contribution is -0.151. The number of carbonyl (C=O) groups is 1. The van der Waals surface area contributed by atoms with Crippen LogP contribution >= 0.6 is 0 Å². The van der Waals surface area contributed by atoms with Crippen molar-refractivity contribution in [2.45, 2.75) is 57.8 Å². The Balaban J connectivity index is 1.37. The Morgan fingerprint density at radius 2 is 1.81 bits per heavy atom. The van der Waals surface area contributed by atoms with Gasteiger partial charge in [0, 0.05) is 58.9 Å². The number of rotatable bonds is 5. The molecule has 1 aliphatic carbocycles. The second-order valence-electron chi connectivity index (χ2n) is 12.0. The summed E-state index contributed by atoms with van der Waals surface area (Å²) in [7, 11) is 0. The molecule has 0 unspecified atom stereocenters. The van der Waals surface area contributed by atoms with Crippen LogP contribution in [-0.4, -0.2) is 52.3 Å². The molecule has 2 atom stereocenters. The Hall–Kier alpha value is -3.00. The van der Waals surface area contributed by atoms with Crippen molar-refractivity contribution in [1.29, 1.82) is 0 Å². The Morgan fingerprint density at radius 1 is 1.16 bits per heavy atom. The fourth-order valence-corrected chi connectivity index (χ4v) is 6.88. The first kappa shape index (κ1) is 24.3. The summed E-state index contributed by atoms with van der Waals surface area (Å²) in [4.78, 5) is 18.4. The Labute approximate surface area is 214 Å². The molecule has 0 amide bonds. The third kappa shape index (κ3) is 4.00. The summed E-state index contributed by atoms with van der Waals surface area (Å²) in [5.74, 6) is -2.40. The Bertz CT molecular complexity index is 1360. The van der Waals surface area contributed by atoms with E-state index in [1.165, 1.54) is 26.0 Å². The predicted octanol–water partition coefficient (Wildman–Crippen LogP) is 5.83. The van der Waals surface area contributed by atoms with Gasteiger partial charge in [-0.3, -0.25) is 9.69 Å². The minimum atomic E-state index is -1.55. The highest BCUT2D eigenvalue weighted by Gasteiger charge is 2.54. The number of anilines is 1. The average Bonchev–Trinajstić information content (AvgIpc) is 3.10. The molecule has 0 radical (unpaired) electrons. The number of hydrogen-bond donors (Lipinski definition) is 2. The van der Waals surface area contributed by atoms with Crippen LogP contribution < -0.4 is 4.90 Å². The number of fused-ring (bicyclic) bond motifs is 3. The molecule has 2 fully saturated rings. The van der Waals surface area contributed by atoms with E-state index < -0.39 is 29.3 Å². The number of H-pyrrole nitrogens is 1. The molecule has 37 heavy (non-hydrogen) atoms. The van der Waals surface area contributed by atoms with E-state index in [2.05, 4.69) is 4.98 Å². The van der Waals surface area contributed by atoms with Gasteiger partial charge < -0.3 is 15.0 Å². The summed E-state index contributed by atoms with van der Waals surface area (Å²) < 4.78 is 46.7. The Morgan fingerprint density at radius 3 is 2.43 bits per heavy atom. The number of nitrogens with zero attached hydrogens (tertiary/aromatic N) is 2. The van der Waals surface area contributed by atoms with Gasteiger partial charge in [-0.15, -0.1) is 0 Å². The van der Waals surface area contributed by atoms with E-state index in [0.29, 0.717) is 43.7 Å². The van der Waals surface area contributed by atoms with Crippen LogP contribution in [0.2, 0.25) is 0 Å².